The smallest absolute Gasteiger partial charge is 0.462 e. The highest BCUT2D eigenvalue weighted by molar-refractivity contribution is 7.47. The van der Waals surface area contributed by atoms with Crippen LogP contribution in [0, 0.1) is 17.8 Å². The molecule has 0 radical (unpaired) electrons. The van der Waals surface area contributed by atoms with Crippen LogP contribution in [0.15, 0.2) is 0 Å². The van der Waals surface area contributed by atoms with Crippen LogP contribution >= 0.6 is 15.6 Å². The molecule has 0 aliphatic carbocycles. The number of aliphatic hydroxyl groups excluding tert-OH is 1. The maximum Gasteiger partial charge on any atom is 0.472 e. The van der Waals surface area contributed by atoms with Crippen molar-refractivity contribution in [1.82, 2.24) is 0 Å². The van der Waals surface area contributed by atoms with Gasteiger partial charge in [-0.15, -0.1) is 0 Å². The lowest BCUT2D eigenvalue weighted by molar-refractivity contribution is -0.161. The zero-order valence-corrected chi connectivity index (χ0v) is 59.7. The second-order valence-corrected chi connectivity index (χ2v) is 29.4. The summed E-state index contributed by atoms with van der Waals surface area (Å²) >= 11 is 0. The molecule has 0 rings (SSSR count). The molecule has 3 unspecified atom stereocenters. The van der Waals surface area contributed by atoms with Crippen LogP contribution in [0.25, 0.3) is 0 Å². The molecule has 0 spiro atoms. The van der Waals surface area contributed by atoms with E-state index in [9.17, 15) is 43.2 Å². The summed E-state index contributed by atoms with van der Waals surface area (Å²) in [6, 6.07) is 0. The van der Waals surface area contributed by atoms with Crippen LogP contribution in [0.2, 0.25) is 0 Å². The second kappa shape index (κ2) is 61.0. The molecule has 0 amide bonds. The van der Waals surface area contributed by atoms with Gasteiger partial charge in [-0.1, -0.05) is 299 Å². The van der Waals surface area contributed by atoms with E-state index in [0.29, 0.717) is 25.7 Å². The van der Waals surface area contributed by atoms with Gasteiger partial charge >= 0.3 is 39.5 Å². The van der Waals surface area contributed by atoms with Crippen LogP contribution in [-0.4, -0.2) is 96.7 Å². The zero-order chi connectivity index (χ0) is 65.9. The molecule has 0 aromatic heterocycles. The molecular weight excluding hydrogens is 1170 g/mol. The second-order valence-electron chi connectivity index (χ2n) is 26.5. The van der Waals surface area contributed by atoms with E-state index in [2.05, 4.69) is 48.5 Å². The van der Waals surface area contributed by atoms with Crippen LogP contribution in [0.3, 0.4) is 0 Å². The summed E-state index contributed by atoms with van der Waals surface area (Å²) in [7, 11) is -9.90. The Hall–Kier alpha value is -1.94. The standard InChI is InChI=1S/C70H136O17P2/c1-8-10-11-12-13-30-37-44-51-67(72)80-57-65(86-70(75)54-47-40-33-26-19-17-22-28-35-42-49-62(5)6)59-84-88(76,77)82-55-64(71)56-83-89(78,79)85-60-66(87-69(74)53-46-39-32-25-16-14-15-21-27-34-41-48-61(3)4)58-81-68(73)52-45-38-31-24-20-18-23-29-36-43-50-63(7)9-2/h61-66,71H,8-60H2,1-7H3,(H,76,77)(H,78,79)/t63?,64-,65+,66+/m0/s1. The molecule has 17 nitrogen and oxygen atoms in total. The number of phosphoric acid groups is 2. The van der Waals surface area contributed by atoms with Crippen molar-refractivity contribution in [2.75, 3.05) is 39.6 Å². The van der Waals surface area contributed by atoms with Crippen molar-refractivity contribution in [1.29, 1.82) is 0 Å². The Morgan fingerprint density at radius 1 is 0.326 bits per heavy atom. The van der Waals surface area contributed by atoms with E-state index in [1.165, 1.54) is 154 Å². The fraction of sp³-hybridized carbons (Fsp3) is 0.943. The molecule has 19 heteroatoms. The molecule has 0 aromatic carbocycles. The average molecular weight is 1310 g/mol. The summed E-state index contributed by atoms with van der Waals surface area (Å²) in [5.41, 5.74) is 0. The van der Waals surface area contributed by atoms with Crippen molar-refractivity contribution in [3.8, 4) is 0 Å². The molecular formula is C70H136O17P2. The Balaban J connectivity index is 5.24. The molecule has 528 valence electrons. The topological polar surface area (TPSA) is 237 Å². The number of ether oxygens (including phenoxy) is 4. The number of aliphatic hydroxyl groups is 1. The van der Waals surface area contributed by atoms with E-state index in [1.807, 2.05) is 0 Å². The molecule has 89 heavy (non-hydrogen) atoms. The van der Waals surface area contributed by atoms with Crippen molar-refractivity contribution >= 4 is 39.5 Å². The first-order valence-electron chi connectivity index (χ1n) is 36.4. The Kier molecular flexibility index (Phi) is 59.6. The normalized spacial score (nSPS) is 14.5. The summed E-state index contributed by atoms with van der Waals surface area (Å²) in [6.45, 7) is 11.8. The minimum Gasteiger partial charge on any atom is -0.462 e. The van der Waals surface area contributed by atoms with Crippen molar-refractivity contribution in [2.24, 2.45) is 17.8 Å². The molecule has 0 aliphatic rings. The monoisotopic (exact) mass is 1310 g/mol. The molecule has 0 saturated carbocycles. The predicted octanol–water partition coefficient (Wildman–Crippen LogP) is 19.8. The number of esters is 4. The summed E-state index contributed by atoms with van der Waals surface area (Å²) < 4.78 is 68.2. The van der Waals surface area contributed by atoms with E-state index in [1.54, 1.807) is 0 Å². The number of hydrogen-bond donors (Lipinski definition) is 3. The van der Waals surface area contributed by atoms with E-state index in [-0.39, 0.29) is 25.7 Å². The first-order chi connectivity index (χ1) is 42.8. The number of hydrogen-bond acceptors (Lipinski definition) is 15. The van der Waals surface area contributed by atoms with Crippen molar-refractivity contribution in [3.05, 3.63) is 0 Å². The molecule has 0 heterocycles. The third-order valence-electron chi connectivity index (χ3n) is 16.5. The third-order valence-corrected chi connectivity index (χ3v) is 18.4. The first kappa shape index (κ1) is 87.1. The van der Waals surface area contributed by atoms with Gasteiger partial charge in [0, 0.05) is 25.7 Å². The predicted molar refractivity (Wildman–Crippen MR) is 358 cm³/mol. The Morgan fingerprint density at radius 3 is 0.854 bits per heavy atom. The molecule has 0 bridgehead atoms. The Morgan fingerprint density at radius 2 is 0.573 bits per heavy atom. The maximum absolute atomic E-state index is 13.0. The van der Waals surface area contributed by atoms with Crippen LogP contribution in [0.5, 0.6) is 0 Å². The number of carbonyl (C=O) groups excluding carboxylic acids is 4. The average Bonchev–Trinajstić information content (AvgIpc) is 3.68. The van der Waals surface area contributed by atoms with Gasteiger partial charge in [-0.25, -0.2) is 9.13 Å². The summed E-state index contributed by atoms with van der Waals surface area (Å²) in [5.74, 6) is 0.199. The van der Waals surface area contributed by atoms with Crippen molar-refractivity contribution in [3.63, 3.8) is 0 Å². The van der Waals surface area contributed by atoms with Gasteiger partial charge in [-0.2, -0.15) is 0 Å². The minimum absolute atomic E-state index is 0.105. The molecule has 0 fully saturated rings. The highest BCUT2D eigenvalue weighted by Gasteiger charge is 2.30. The van der Waals surface area contributed by atoms with Gasteiger partial charge in [0.25, 0.3) is 0 Å². The Bertz CT molecular complexity index is 1750. The Labute approximate surface area is 543 Å². The van der Waals surface area contributed by atoms with Crippen molar-refractivity contribution in [2.45, 2.75) is 369 Å². The minimum atomic E-state index is -4.95. The quantitative estimate of drug-likeness (QED) is 0.0222. The lowest BCUT2D eigenvalue weighted by Crippen LogP contribution is -2.30. The van der Waals surface area contributed by atoms with Crippen LogP contribution in [0.4, 0.5) is 0 Å². The lowest BCUT2D eigenvalue weighted by Gasteiger charge is -2.21. The molecule has 0 aromatic rings. The lowest BCUT2D eigenvalue weighted by atomic mass is 9.99. The number of unbranched alkanes of at least 4 members (excludes halogenated alkanes) is 35. The fourth-order valence-corrected chi connectivity index (χ4v) is 12.1. The van der Waals surface area contributed by atoms with Gasteiger partial charge in [0.2, 0.25) is 0 Å². The van der Waals surface area contributed by atoms with E-state index >= 15 is 0 Å². The fourth-order valence-electron chi connectivity index (χ4n) is 10.5. The van der Waals surface area contributed by atoms with Gasteiger partial charge in [0.15, 0.2) is 12.2 Å². The highest BCUT2D eigenvalue weighted by atomic mass is 31.2. The third kappa shape index (κ3) is 63.2. The largest absolute Gasteiger partial charge is 0.472 e. The summed E-state index contributed by atoms with van der Waals surface area (Å²) in [4.78, 5) is 72.5. The number of carbonyl (C=O) groups is 4. The van der Waals surface area contributed by atoms with Gasteiger partial charge in [0.1, 0.15) is 19.3 Å². The van der Waals surface area contributed by atoms with Crippen LogP contribution in [-0.2, 0) is 65.4 Å². The SMILES string of the molecule is CCCCCCCCCCC(=O)OC[C@H](COP(=O)(O)OC[C@H](O)COP(=O)(O)OC[C@@H](COC(=O)CCCCCCCCCCCCC(C)CC)OC(=O)CCCCCCCCCCCCCC(C)C)OC(=O)CCCCCCCCCCCCC(C)C. The summed E-state index contributed by atoms with van der Waals surface area (Å²) in [6.07, 6.45) is 44.3. The highest BCUT2D eigenvalue weighted by Crippen LogP contribution is 2.45. The number of phosphoric ester groups is 2. The van der Waals surface area contributed by atoms with Gasteiger partial charge in [-0.05, 0) is 43.4 Å². The summed E-state index contributed by atoms with van der Waals surface area (Å²) in [5, 5.41) is 10.6. The van der Waals surface area contributed by atoms with Gasteiger partial charge in [-0.3, -0.25) is 37.3 Å². The van der Waals surface area contributed by atoms with Gasteiger partial charge < -0.3 is 33.8 Å². The molecule has 0 saturated heterocycles. The van der Waals surface area contributed by atoms with Crippen LogP contribution < -0.4 is 0 Å². The first-order valence-corrected chi connectivity index (χ1v) is 39.4. The van der Waals surface area contributed by atoms with E-state index in [0.717, 1.165) is 114 Å². The van der Waals surface area contributed by atoms with E-state index < -0.39 is 97.5 Å². The molecule has 3 N–H and O–H groups in total. The molecule has 0 aliphatic heterocycles. The number of rotatable bonds is 68. The van der Waals surface area contributed by atoms with E-state index in [4.69, 9.17) is 37.0 Å². The zero-order valence-electron chi connectivity index (χ0n) is 57.9. The van der Waals surface area contributed by atoms with Gasteiger partial charge in [0.05, 0.1) is 26.4 Å². The maximum atomic E-state index is 13.0. The van der Waals surface area contributed by atoms with Crippen LogP contribution in [0.1, 0.15) is 350 Å². The molecule has 6 atom stereocenters. The van der Waals surface area contributed by atoms with Crippen molar-refractivity contribution < 1.29 is 80.2 Å².